The number of aliphatic hydroxyl groups is 1. The van der Waals surface area contributed by atoms with Crippen LogP contribution in [0.2, 0.25) is 0 Å². The largest absolute Gasteiger partial charge is 0.389 e. The molecule has 0 bridgehead atoms. The Morgan fingerprint density at radius 1 is 1.08 bits per heavy atom. The highest BCUT2D eigenvalue weighted by atomic mass is 16.3. The second-order valence-electron chi connectivity index (χ2n) is 5.20. The molecule has 2 rings (SSSR count). The SMILES string of the molecule is CC1(NCC2(O)CCCCC2)CC1. The number of hydrogen-bond donors (Lipinski definition) is 2. The van der Waals surface area contributed by atoms with Crippen molar-refractivity contribution in [3.63, 3.8) is 0 Å². The molecule has 0 heterocycles. The van der Waals surface area contributed by atoms with Crippen molar-refractivity contribution in [1.82, 2.24) is 5.32 Å². The van der Waals surface area contributed by atoms with Gasteiger partial charge in [-0.1, -0.05) is 19.3 Å². The summed E-state index contributed by atoms with van der Waals surface area (Å²) < 4.78 is 0. The standard InChI is InChI=1S/C11H21NO/c1-10(7-8-10)12-9-11(13)5-3-2-4-6-11/h12-13H,2-9H2,1H3. The van der Waals surface area contributed by atoms with E-state index in [1.165, 1.54) is 32.1 Å². The smallest absolute Gasteiger partial charge is 0.0771 e. The summed E-state index contributed by atoms with van der Waals surface area (Å²) in [5, 5.41) is 13.7. The van der Waals surface area contributed by atoms with Gasteiger partial charge in [-0.15, -0.1) is 0 Å². The molecule has 2 N–H and O–H groups in total. The number of hydrogen-bond acceptors (Lipinski definition) is 2. The van der Waals surface area contributed by atoms with Gasteiger partial charge in [0.1, 0.15) is 0 Å². The first-order valence-corrected chi connectivity index (χ1v) is 5.59. The molecule has 2 nitrogen and oxygen atoms in total. The van der Waals surface area contributed by atoms with Crippen molar-refractivity contribution >= 4 is 0 Å². The van der Waals surface area contributed by atoms with Gasteiger partial charge in [-0.25, -0.2) is 0 Å². The number of nitrogens with one attached hydrogen (secondary N) is 1. The van der Waals surface area contributed by atoms with Gasteiger partial charge in [-0.05, 0) is 32.6 Å². The van der Waals surface area contributed by atoms with Crippen molar-refractivity contribution in [2.24, 2.45) is 0 Å². The second kappa shape index (κ2) is 3.25. The van der Waals surface area contributed by atoms with Gasteiger partial charge in [0.25, 0.3) is 0 Å². The van der Waals surface area contributed by atoms with Crippen molar-refractivity contribution in [3.8, 4) is 0 Å². The zero-order valence-electron chi connectivity index (χ0n) is 8.60. The van der Waals surface area contributed by atoms with E-state index >= 15 is 0 Å². The van der Waals surface area contributed by atoms with Gasteiger partial charge in [0, 0.05) is 12.1 Å². The van der Waals surface area contributed by atoms with E-state index in [1.807, 2.05) is 0 Å². The van der Waals surface area contributed by atoms with Crippen LogP contribution in [-0.4, -0.2) is 22.8 Å². The summed E-state index contributed by atoms with van der Waals surface area (Å²) in [6, 6.07) is 0. The van der Waals surface area contributed by atoms with E-state index in [1.54, 1.807) is 0 Å². The number of β-amino-alcohol motifs (C(OH)–C–C–N with tert-alkyl or cyclic N) is 1. The van der Waals surface area contributed by atoms with Crippen molar-refractivity contribution in [1.29, 1.82) is 0 Å². The van der Waals surface area contributed by atoms with Crippen molar-refractivity contribution in [2.45, 2.75) is 63.0 Å². The molecule has 76 valence electrons. The van der Waals surface area contributed by atoms with E-state index in [9.17, 15) is 5.11 Å². The van der Waals surface area contributed by atoms with Crippen LogP contribution in [0.5, 0.6) is 0 Å². The van der Waals surface area contributed by atoms with Crippen LogP contribution in [0.15, 0.2) is 0 Å². The average Bonchev–Trinajstić information content (AvgIpc) is 2.84. The Hall–Kier alpha value is -0.0800. The minimum absolute atomic E-state index is 0.368. The first kappa shape index (κ1) is 9.47. The van der Waals surface area contributed by atoms with E-state index in [0.29, 0.717) is 5.54 Å². The molecular formula is C11H21NO. The van der Waals surface area contributed by atoms with Gasteiger partial charge < -0.3 is 10.4 Å². The van der Waals surface area contributed by atoms with Crippen LogP contribution in [-0.2, 0) is 0 Å². The predicted molar refractivity (Wildman–Crippen MR) is 53.7 cm³/mol. The Bertz CT molecular complexity index is 181. The minimum atomic E-state index is -0.385. The van der Waals surface area contributed by atoms with Crippen LogP contribution in [0.25, 0.3) is 0 Å². The monoisotopic (exact) mass is 183 g/mol. The molecule has 2 saturated carbocycles. The lowest BCUT2D eigenvalue weighted by Gasteiger charge is -2.33. The van der Waals surface area contributed by atoms with Crippen LogP contribution >= 0.6 is 0 Å². The Morgan fingerprint density at radius 2 is 1.69 bits per heavy atom. The molecular weight excluding hydrogens is 162 g/mol. The Labute approximate surface area is 80.7 Å². The van der Waals surface area contributed by atoms with Gasteiger partial charge in [0.2, 0.25) is 0 Å². The fraction of sp³-hybridized carbons (Fsp3) is 1.00. The molecule has 0 radical (unpaired) electrons. The Kier molecular flexibility index (Phi) is 2.37. The van der Waals surface area contributed by atoms with E-state index in [2.05, 4.69) is 12.2 Å². The van der Waals surface area contributed by atoms with Gasteiger partial charge in [-0.2, -0.15) is 0 Å². The third-order valence-corrected chi connectivity index (χ3v) is 3.63. The third-order valence-electron chi connectivity index (χ3n) is 3.63. The maximum absolute atomic E-state index is 10.2. The first-order valence-electron chi connectivity index (χ1n) is 5.59. The Balaban J connectivity index is 1.77. The van der Waals surface area contributed by atoms with Crippen molar-refractivity contribution < 1.29 is 5.11 Å². The molecule has 0 amide bonds. The minimum Gasteiger partial charge on any atom is -0.389 e. The Morgan fingerprint density at radius 3 is 2.23 bits per heavy atom. The summed E-state index contributed by atoms with van der Waals surface area (Å²) in [6.07, 6.45) is 8.27. The molecule has 0 saturated heterocycles. The topological polar surface area (TPSA) is 32.3 Å². The lowest BCUT2D eigenvalue weighted by atomic mass is 9.84. The van der Waals surface area contributed by atoms with Gasteiger partial charge in [0.15, 0.2) is 0 Å². The van der Waals surface area contributed by atoms with Gasteiger partial charge >= 0.3 is 0 Å². The maximum atomic E-state index is 10.2. The van der Waals surface area contributed by atoms with Crippen LogP contribution in [0.3, 0.4) is 0 Å². The molecule has 2 heteroatoms. The average molecular weight is 183 g/mol. The highest BCUT2D eigenvalue weighted by Gasteiger charge is 2.39. The van der Waals surface area contributed by atoms with E-state index in [-0.39, 0.29) is 5.60 Å². The molecule has 2 fully saturated rings. The van der Waals surface area contributed by atoms with Gasteiger partial charge in [0.05, 0.1) is 5.60 Å². The van der Waals surface area contributed by atoms with E-state index in [0.717, 1.165) is 19.4 Å². The fourth-order valence-corrected chi connectivity index (χ4v) is 2.13. The summed E-state index contributed by atoms with van der Waals surface area (Å²) in [5.74, 6) is 0. The molecule has 0 unspecified atom stereocenters. The van der Waals surface area contributed by atoms with Crippen molar-refractivity contribution in [3.05, 3.63) is 0 Å². The molecule has 2 aliphatic rings. The summed E-state index contributed by atoms with van der Waals surface area (Å²) in [5.41, 5.74) is -0.0168. The van der Waals surface area contributed by atoms with Crippen molar-refractivity contribution in [2.75, 3.05) is 6.54 Å². The van der Waals surface area contributed by atoms with Crippen LogP contribution in [0, 0.1) is 0 Å². The molecule has 0 atom stereocenters. The lowest BCUT2D eigenvalue weighted by Crippen LogP contribution is -2.45. The summed E-state index contributed by atoms with van der Waals surface area (Å²) >= 11 is 0. The lowest BCUT2D eigenvalue weighted by molar-refractivity contribution is 0.00227. The zero-order chi connectivity index (χ0) is 9.36. The summed E-state index contributed by atoms with van der Waals surface area (Å²) in [4.78, 5) is 0. The van der Waals surface area contributed by atoms with Crippen LogP contribution in [0.4, 0.5) is 0 Å². The summed E-state index contributed by atoms with van der Waals surface area (Å²) in [6.45, 7) is 3.06. The maximum Gasteiger partial charge on any atom is 0.0771 e. The van der Waals surface area contributed by atoms with Crippen LogP contribution in [0.1, 0.15) is 51.9 Å². The molecule has 0 aromatic carbocycles. The normalized spacial score (nSPS) is 30.0. The molecule has 0 aliphatic heterocycles. The highest BCUT2D eigenvalue weighted by molar-refractivity contribution is 4.99. The molecule has 0 aromatic rings. The van der Waals surface area contributed by atoms with Crippen LogP contribution < -0.4 is 5.32 Å². The predicted octanol–water partition coefficient (Wildman–Crippen LogP) is 1.82. The third kappa shape index (κ3) is 2.44. The zero-order valence-corrected chi connectivity index (χ0v) is 8.60. The van der Waals surface area contributed by atoms with E-state index < -0.39 is 0 Å². The highest BCUT2D eigenvalue weighted by Crippen LogP contribution is 2.36. The quantitative estimate of drug-likeness (QED) is 0.699. The molecule has 2 aliphatic carbocycles. The van der Waals surface area contributed by atoms with Gasteiger partial charge in [-0.3, -0.25) is 0 Å². The molecule has 13 heavy (non-hydrogen) atoms. The molecule has 0 spiro atoms. The fourth-order valence-electron chi connectivity index (χ4n) is 2.13. The first-order chi connectivity index (χ1) is 6.12. The second-order valence-corrected chi connectivity index (χ2v) is 5.20. The number of rotatable bonds is 3. The van der Waals surface area contributed by atoms with E-state index in [4.69, 9.17) is 0 Å². The molecule has 0 aromatic heterocycles. The summed E-state index contributed by atoms with van der Waals surface area (Å²) in [7, 11) is 0.